The Hall–Kier alpha value is -0.870. The molecule has 4 nitrogen and oxygen atoms in total. The van der Waals surface area contributed by atoms with Crippen LogP contribution in [0.4, 0.5) is 0 Å². The summed E-state index contributed by atoms with van der Waals surface area (Å²) in [6.07, 6.45) is 0. The maximum absolute atomic E-state index is 5.70. The minimum absolute atomic E-state index is 0.149. The van der Waals surface area contributed by atoms with E-state index >= 15 is 0 Å². The molecule has 84 valence electrons. The Bertz CT molecular complexity index is 295. The molecule has 1 unspecified atom stereocenters. The van der Waals surface area contributed by atoms with Gasteiger partial charge in [0, 0.05) is 23.2 Å². The minimum atomic E-state index is 0.149. The molecular weight excluding hydrogens is 214 g/mol. The van der Waals surface area contributed by atoms with Crippen LogP contribution in [0.3, 0.4) is 0 Å². The summed E-state index contributed by atoms with van der Waals surface area (Å²) in [5.41, 5.74) is 7.29. The Morgan fingerprint density at radius 3 is 2.47 bits per heavy atom. The van der Waals surface area contributed by atoms with Crippen molar-refractivity contribution in [1.82, 2.24) is 9.97 Å². The zero-order valence-electron chi connectivity index (χ0n) is 9.03. The topological polar surface area (TPSA) is 61.0 Å². The van der Waals surface area contributed by atoms with Crippen molar-refractivity contribution in [2.45, 2.75) is 13.8 Å². The lowest BCUT2D eigenvalue weighted by Gasteiger charge is -2.11. The fraction of sp³-hybridized carbons (Fsp3) is 0.600. The largest absolute Gasteiger partial charge is 0.463 e. The van der Waals surface area contributed by atoms with E-state index in [2.05, 4.69) is 9.97 Å². The molecule has 1 aromatic heterocycles. The Kier molecular flexibility index (Phi) is 4.78. The van der Waals surface area contributed by atoms with Gasteiger partial charge >= 0.3 is 6.01 Å². The van der Waals surface area contributed by atoms with Crippen LogP contribution in [0.2, 0.25) is 0 Å². The van der Waals surface area contributed by atoms with Crippen LogP contribution in [-0.4, -0.2) is 29.0 Å². The lowest BCUT2D eigenvalue weighted by molar-refractivity contribution is 0.245. The van der Waals surface area contributed by atoms with Gasteiger partial charge in [-0.25, -0.2) is 9.97 Å². The minimum Gasteiger partial charge on any atom is -0.463 e. The van der Waals surface area contributed by atoms with Gasteiger partial charge in [0.05, 0.1) is 6.61 Å². The average Bonchev–Trinajstić information content (AvgIpc) is 2.18. The molecule has 5 heteroatoms. The molecule has 0 aliphatic heterocycles. The predicted octanol–water partition coefficient (Wildman–Crippen LogP) is 1.29. The summed E-state index contributed by atoms with van der Waals surface area (Å²) < 4.78 is 5.42. The number of hydrogen-bond donors (Lipinski definition) is 1. The predicted molar refractivity (Wildman–Crippen MR) is 60.3 cm³/mol. The number of rotatable bonds is 5. The van der Waals surface area contributed by atoms with Gasteiger partial charge in [0.25, 0.3) is 0 Å². The molecule has 0 radical (unpaired) electrons. The summed E-state index contributed by atoms with van der Waals surface area (Å²) in [5.74, 6) is 0.637. The Labute approximate surface area is 94.8 Å². The van der Waals surface area contributed by atoms with E-state index in [0.717, 1.165) is 11.4 Å². The number of alkyl halides is 1. The lowest BCUT2D eigenvalue weighted by Crippen LogP contribution is -2.23. The third-order valence-electron chi connectivity index (χ3n) is 1.96. The van der Waals surface area contributed by atoms with Gasteiger partial charge in [0.1, 0.15) is 0 Å². The van der Waals surface area contributed by atoms with Crippen molar-refractivity contribution in [1.29, 1.82) is 0 Å². The fourth-order valence-corrected chi connectivity index (χ4v) is 1.34. The monoisotopic (exact) mass is 229 g/mol. The average molecular weight is 230 g/mol. The van der Waals surface area contributed by atoms with E-state index in [-0.39, 0.29) is 5.92 Å². The maximum atomic E-state index is 5.70. The zero-order chi connectivity index (χ0) is 11.3. The third kappa shape index (κ3) is 4.01. The van der Waals surface area contributed by atoms with Gasteiger partial charge in [-0.05, 0) is 26.5 Å². The first-order valence-corrected chi connectivity index (χ1v) is 5.40. The Morgan fingerprint density at radius 1 is 1.40 bits per heavy atom. The van der Waals surface area contributed by atoms with Gasteiger partial charge in [-0.1, -0.05) is 0 Å². The van der Waals surface area contributed by atoms with Gasteiger partial charge in [-0.3, -0.25) is 0 Å². The number of hydrogen-bond acceptors (Lipinski definition) is 4. The van der Waals surface area contributed by atoms with Crippen molar-refractivity contribution in [2.75, 3.05) is 19.0 Å². The van der Waals surface area contributed by atoms with E-state index in [4.69, 9.17) is 22.1 Å². The number of aryl methyl sites for hydroxylation is 2. The van der Waals surface area contributed by atoms with Crippen molar-refractivity contribution in [2.24, 2.45) is 11.7 Å². The zero-order valence-corrected chi connectivity index (χ0v) is 9.79. The first kappa shape index (κ1) is 12.2. The van der Waals surface area contributed by atoms with Gasteiger partial charge < -0.3 is 10.5 Å². The summed E-state index contributed by atoms with van der Waals surface area (Å²) in [6.45, 7) is 4.78. The number of ether oxygens (including phenoxy) is 1. The summed E-state index contributed by atoms with van der Waals surface area (Å²) in [4.78, 5) is 8.31. The van der Waals surface area contributed by atoms with Gasteiger partial charge in [-0.15, -0.1) is 11.6 Å². The van der Waals surface area contributed by atoms with E-state index < -0.39 is 0 Å². The smallest absolute Gasteiger partial charge is 0.316 e. The number of nitrogens with zero attached hydrogens (tertiary/aromatic N) is 2. The summed E-state index contributed by atoms with van der Waals surface area (Å²) >= 11 is 5.70. The fourth-order valence-electron chi connectivity index (χ4n) is 1.13. The molecule has 1 aromatic rings. The summed E-state index contributed by atoms with van der Waals surface area (Å²) in [5, 5.41) is 0. The normalized spacial score (nSPS) is 12.5. The molecule has 0 saturated carbocycles. The van der Waals surface area contributed by atoms with Crippen LogP contribution in [0, 0.1) is 19.8 Å². The summed E-state index contributed by atoms with van der Waals surface area (Å²) in [7, 11) is 0. The number of aromatic nitrogens is 2. The highest BCUT2D eigenvalue weighted by Crippen LogP contribution is 2.08. The van der Waals surface area contributed by atoms with Crippen molar-refractivity contribution in [3.05, 3.63) is 17.5 Å². The first-order valence-electron chi connectivity index (χ1n) is 4.86. The standard InChI is InChI=1S/C10H16ClN3O/c1-7-3-8(2)14-10(13-7)15-6-9(4-11)5-12/h3,9H,4-6,12H2,1-2H3. The quantitative estimate of drug-likeness (QED) is 0.773. The molecule has 1 atom stereocenters. The first-order chi connectivity index (χ1) is 7.15. The molecule has 0 saturated heterocycles. The van der Waals surface area contributed by atoms with Gasteiger partial charge in [0.2, 0.25) is 0 Å². The van der Waals surface area contributed by atoms with Gasteiger partial charge in [-0.2, -0.15) is 0 Å². The summed E-state index contributed by atoms with van der Waals surface area (Å²) in [6, 6.07) is 2.30. The van der Waals surface area contributed by atoms with Crippen LogP contribution < -0.4 is 10.5 Å². The second kappa shape index (κ2) is 5.88. The Balaban J connectivity index is 2.57. The highest BCUT2D eigenvalue weighted by atomic mass is 35.5. The molecule has 0 fully saturated rings. The van der Waals surface area contributed by atoms with Crippen LogP contribution in [0.1, 0.15) is 11.4 Å². The van der Waals surface area contributed by atoms with Crippen molar-refractivity contribution in [3.8, 4) is 6.01 Å². The molecule has 1 heterocycles. The van der Waals surface area contributed by atoms with Crippen molar-refractivity contribution in [3.63, 3.8) is 0 Å². The molecular formula is C10H16ClN3O. The van der Waals surface area contributed by atoms with Crippen LogP contribution >= 0.6 is 11.6 Å². The molecule has 0 amide bonds. The van der Waals surface area contributed by atoms with Crippen LogP contribution in [-0.2, 0) is 0 Å². The van der Waals surface area contributed by atoms with E-state index in [1.165, 1.54) is 0 Å². The van der Waals surface area contributed by atoms with E-state index in [1.54, 1.807) is 0 Å². The highest BCUT2D eigenvalue weighted by molar-refractivity contribution is 6.18. The van der Waals surface area contributed by atoms with Gasteiger partial charge in [0.15, 0.2) is 0 Å². The van der Waals surface area contributed by atoms with E-state index in [1.807, 2.05) is 19.9 Å². The van der Waals surface area contributed by atoms with Crippen LogP contribution in [0.5, 0.6) is 6.01 Å². The van der Waals surface area contributed by atoms with E-state index in [9.17, 15) is 0 Å². The molecule has 0 aromatic carbocycles. The molecule has 0 bridgehead atoms. The van der Waals surface area contributed by atoms with Crippen molar-refractivity contribution >= 4 is 11.6 Å². The second-order valence-electron chi connectivity index (χ2n) is 3.50. The lowest BCUT2D eigenvalue weighted by atomic mass is 10.2. The van der Waals surface area contributed by atoms with E-state index in [0.29, 0.717) is 25.0 Å². The Morgan fingerprint density at radius 2 is 2.00 bits per heavy atom. The molecule has 0 aliphatic rings. The van der Waals surface area contributed by atoms with Crippen LogP contribution in [0.25, 0.3) is 0 Å². The number of halogens is 1. The number of nitrogens with two attached hydrogens (primary N) is 1. The molecule has 0 spiro atoms. The van der Waals surface area contributed by atoms with Crippen molar-refractivity contribution < 1.29 is 4.74 Å². The molecule has 2 N–H and O–H groups in total. The highest BCUT2D eigenvalue weighted by Gasteiger charge is 2.07. The van der Waals surface area contributed by atoms with Crippen LogP contribution in [0.15, 0.2) is 6.07 Å². The second-order valence-corrected chi connectivity index (χ2v) is 3.81. The maximum Gasteiger partial charge on any atom is 0.316 e. The SMILES string of the molecule is Cc1cc(C)nc(OCC(CN)CCl)n1. The molecule has 0 aliphatic carbocycles. The molecule has 15 heavy (non-hydrogen) atoms. The third-order valence-corrected chi connectivity index (χ3v) is 2.40. The molecule has 1 rings (SSSR count).